The van der Waals surface area contributed by atoms with Crippen LogP contribution in [-0.4, -0.2) is 49.3 Å². The van der Waals surface area contributed by atoms with E-state index >= 15 is 0 Å². The molecule has 0 aliphatic carbocycles. The van der Waals surface area contributed by atoms with Gasteiger partial charge < -0.3 is 0 Å². The van der Waals surface area contributed by atoms with Gasteiger partial charge in [-0.05, 0) is 6.55 Å². The van der Waals surface area contributed by atoms with Gasteiger partial charge in [0, 0.05) is 36.0 Å². The SMILES string of the molecule is C[Si](C)(C)[Si](C)(C)[Si](C)(C)[Si](C)(C)[Si](C)(C)[Si](C)(C)[Si](C)(Cl)Cl. The van der Waals surface area contributed by atoms with Crippen LogP contribution >= 0.6 is 22.2 Å². The Hall–Kier alpha value is 2.10. The first-order valence-corrected chi connectivity index (χ1v) is 37.9. The molecular formula is C14H42Cl2Si7. The second-order valence-electron chi connectivity index (χ2n) is 11.3. The fourth-order valence-corrected chi connectivity index (χ4v) is 198. The molecule has 0 aromatic rings. The van der Waals surface area contributed by atoms with Crippen molar-refractivity contribution < 1.29 is 0 Å². The predicted octanol–water partition coefficient (Wildman–Crippen LogP) is 6.89. The molecule has 0 amide bonds. The Balaban J connectivity index is 6.37. The van der Waals surface area contributed by atoms with E-state index in [2.05, 4.69) is 91.7 Å². The van der Waals surface area contributed by atoms with Crippen molar-refractivity contribution in [2.24, 2.45) is 0 Å². The van der Waals surface area contributed by atoms with E-state index in [-0.39, 0.29) is 0 Å². The van der Waals surface area contributed by atoms with Gasteiger partial charge in [0.2, 0.25) is 6.21 Å². The Morgan fingerprint density at radius 3 is 0.783 bits per heavy atom. The molecule has 0 aliphatic heterocycles. The minimum absolute atomic E-state index is 1.10. The molecule has 140 valence electrons. The van der Waals surface area contributed by atoms with E-state index in [1.165, 1.54) is 0 Å². The molecule has 0 spiro atoms. The van der Waals surface area contributed by atoms with Gasteiger partial charge in [0.25, 0.3) is 0 Å². The monoisotopic (exact) mass is 476 g/mol. The van der Waals surface area contributed by atoms with E-state index in [0.717, 1.165) is 0 Å². The normalized spacial score (nSPS) is 16.7. The highest BCUT2D eigenvalue weighted by Gasteiger charge is 2.68. The third-order valence-corrected chi connectivity index (χ3v) is 160. The highest BCUT2D eigenvalue weighted by atomic mass is 35.7. The summed E-state index contributed by atoms with van der Waals surface area (Å²) in [6.07, 6.45) is -2.09. The molecule has 0 aromatic carbocycles. The average molecular weight is 478 g/mol. The maximum atomic E-state index is 6.93. The van der Waals surface area contributed by atoms with Crippen LogP contribution < -0.4 is 0 Å². The van der Waals surface area contributed by atoms with Crippen molar-refractivity contribution in [3.8, 4) is 0 Å². The molecule has 0 saturated carbocycles. The Bertz CT molecular complexity index is 403. The van der Waals surface area contributed by atoms with Gasteiger partial charge in [0.05, 0.1) is 7.11 Å². The third kappa shape index (κ3) is 3.74. The summed E-state index contributed by atoms with van der Waals surface area (Å²) in [6, 6.07) is 0. The lowest BCUT2D eigenvalue weighted by molar-refractivity contribution is 1.73. The van der Waals surface area contributed by atoms with Gasteiger partial charge in [-0.25, -0.2) is 0 Å². The molecule has 9 heteroatoms. The van der Waals surface area contributed by atoms with E-state index in [1.807, 2.05) is 0 Å². The number of hydrogen-bond acceptors (Lipinski definition) is 0. The Kier molecular flexibility index (Phi) is 7.21. The third-order valence-electron chi connectivity index (χ3n) is 9.22. The minimum atomic E-state index is -2.09. The maximum absolute atomic E-state index is 6.93. The quantitative estimate of drug-likeness (QED) is 0.289. The van der Waals surface area contributed by atoms with Crippen LogP contribution in [0.3, 0.4) is 0 Å². The summed E-state index contributed by atoms with van der Waals surface area (Å²) in [5.74, 6) is 0. The van der Waals surface area contributed by atoms with Gasteiger partial charge >= 0.3 is 0 Å². The average Bonchev–Trinajstić information content (AvgIpc) is 2.24. The van der Waals surface area contributed by atoms with Crippen molar-refractivity contribution in [1.29, 1.82) is 0 Å². The zero-order valence-corrected chi connectivity index (χ0v) is 26.8. The topological polar surface area (TPSA) is 0 Å². The zero-order chi connectivity index (χ0) is 19.5. The van der Waals surface area contributed by atoms with E-state index in [1.54, 1.807) is 0 Å². The lowest BCUT2D eigenvalue weighted by atomic mass is 11.8. The van der Waals surface area contributed by atoms with Crippen molar-refractivity contribution >= 4 is 71.5 Å². The lowest BCUT2D eigenvalue weighted by Gasteiger charge is -2.62. The lowest BCUT2D eigenvalue weighted by Crippen LogP contribution is -2.89. The zero-order valence-electron chi connectivity index (χ0n) is 18.3. The molecule has 0 atom stereocenters. The van der Waals surface area contributed by atoms with Crippen LogP contribution in [0.15, 0.2) is 0 Å². The van der Waals surface area contributed by atoms with Gasteiger partial charge in [0.1, 0.15) is 0 Å². The number of rotatable bonds is 6. The molecule has 0 heterocycles. The summed E-state index contributed by atoms with van der Waals surface area (Å²) in [7, 11) is -7.91. The van der Waals surface area contributed by atoms with Crippen LogP contribution in [0.25, 0.3) is 0 Å². The summed E-state index contributed by atoms with van der Waals surface area (Å²) in [5, 5.41) is 0. The molecule has 23 heavy (non-hydrogen) atoms. The van der Waals surface area contributed by atoms with Crippen molar-refractivity contribution in [3.05, 3.63) is 0 Å². The molecule has 0 aromatic heterocycles. The van der Waals surface area contributed by atoms with Crippen molar-refractivity contribution in [2.75, 3.05) is 0 Å². The second kappa shape index (κ2) is 6.61. The van der Waals surface area contributed by atoms with Crippen LogP contribution in [0.5, 0.6) is 0 Å². The van der Waals surface area contributed by atoms with Crippen LogP contribution in [-0.2, 0) is 0 Å². The number of hydrogen-bond donors (Lipinski definition) is 0. The standard InChI is InChI=1S/C14H42Cl2Si7/c1-17(2,3)18(4,5)19(6,7)20(8,9)21(10,11)22(12,13)23(14,15)16/h1-14H3. The molecule has 0 fully saturated rings. The number of halogens is 2. The molecule has 0 rings (SSSR count). The molecule has 0 bridgehead atoms. The van der Waals surface area contributed by atoms with Gasteiger partial charge in [0.15, 0.2) is 0 Å². The largest absolute Gasteiger partial charge is 0.232 e. The summed E-state index contributed by atoms with van der Waals surface area (Å²) >= 11 is 13.9. The van der Waals surface area contributed by atoms with Crippen LogP contribution in [0.1, 0.15) is 0 Å². The van der Waals surface area contributed by atoms with Crippen LogP contribution in [0.2, 0.25) is 91.7 Å². The smallest absolute Gasteiger partial charge is 0.150 e. The van der Waals surface area contributed by atoms with E-state index in [0.29, 0.717) is 0 Å². The fourth-order valence-electron chi connectivity index (χ4n) is 3.83. The Labute approximate surface area is 162 Å². The summed E-state index contributed by atoms with van der Waals surface area (Å²) in [6.45, 7) is 37.2. The van der Waals surface area contributed by atoms with Crippen LogP contribution in [0, 0.1) is 0 Å². The molecular weight excluding hydrogens is 436 g/mol. The van der Waals surface area contributed by atoms with E-state index in [4.69, 9.17) is 22.2 Å². The first-order valence-electron chi connectivity index (χ1n) is 8.88. The van der Waals surface area contributed by atoms with Gasteiger partial charge in [-0.15, -0.1) is 0 Å². The van der Waals surface area contributed by atoms with Crippen molar-refractivity contribution in [3.63, 3.8) is 0 Å². The molecule has 0 radical (unpaired) electrons. The Morgan fingerprint density at radius 2 is 0.565 bits per heavy atom. The predicted molar refractivity (Wildman–Crippen MR) is 134 cm³/mol. The maximum Gasteiger partial charge on any atom is 0.232 e. The highest BCUT2D eigenvalue weighted by molar-refractivity contribution is 8.04. The van der Waals surface area contributed by atoms with Crippen molar-refractivity contribution in [2.45, 2.75) is 91.7 Å². The molecule has 0 saturated heterocycles. The first kappa shape index (κ1) is 25.1. The molecule has 0 unspecified atom stereocenters. The molecule has 0 nitrogen and oxygen atoms in total. The van der Waals surface area contributed by atoms with Gasteiger partial charge in [-0.3, -0.25) is 0 Å². The van der Waals surface area contributed by atoms with Crippen molar-refractivity contribution in [1.82, 2.24) is 0 Å². The fraction of sp³-hybridized carbons (Fsp3) is 1.00. The summed E-state index contributed by atoms with van der Waals surface area (Å²) in [4.78, 5) is 0. The molecule has 0 N–H and O–H groups in total. The summed E-state index contributed by atoms with van der Waals surface area (Å²) in [5.41, 5.74) is 0. The van der Waals surface area contributed by atoms with E-state index in [9.17, 15) is 0 Å². The Morgan fingerprint density at radius 1 is 0.348 bits per heavy atom. The first-order chi connectivity index (χ1) is 9.50. The van der Waals surface area contributed by atoms with E-state index < -0.39 is 49.3 Å². The highest BCUT2D eigenvalue weighted by Crippen LogP contribution is 2.45. The van der Waals surface area contributed by atoms with Gasteiger partial charge in [-0.2, -0.15) is 22.2 Å². The summed E-state index contributed by atoms with van der Waals surface area (Å²) < 4.78 is 0. The van der Waals surface area contributed by atoms with Gasteiger partial charge in [-0.1, -0.05) is 85.1 Å². The second-order valence-corrected chi connectivity index (χ2v) is 93.3. The van der Waals surface area contributed by atoms with Crippen LogP contribution in [0.4, 0.5) is 0 Å². The molecule has 0 aliphatic rings. The minimum Gasteiger partial charge on any atom is -0.150 e.